The topological polar surface area (TPSA) is 114 Å². The van der Waals surface area contributed by atoms with Crippen LogP contribution in [0.25, 0.3) is 0 Å². The maximum atomic E-state index is 14.2. The lowest BCUT2D eigenvalue weighted by atomic mass is 9.94. The second-order valence-corrected chi connectivity index (χ2v) is 11.2. The summed E-state index contributed by atoms with van der Waals surface area (Å²) < 4.78 is 10.4. The zero-order valence-corrected chi connectivity index (χ0v) is 24.2. The Morgan fingerprint density at radius 1 is 1.05 bits per heavy atom. The van der Waals surface area contributed by atoms with E-state index < -0.39 is 29.7 Å². The minimum absolute atomic E-state index is 0.0339. The first-order chi connectivity index (χ1) is 17.8. The molecule has 1 aliphatic carbocycles. The second-order valence-electron chi connectivity index (χ2n) is 11.2. The van der Waals surface area contributed by atoms with E-state index in [2.05, 4.69) is 10.6 Å². The Morgan fingerprint density at radius 3 is 2.16 bits per heavy atom. The Bertz CT molecular complexity index is 978. The number of rotatable bonds is 12. The zero-order chi connectivity index (χ0) is 28.6. The summed E-state index contributed by atoms with van der Waals surface area (Å²) in [6.45, 7) is 15.1. The first-order valence-electron chi connectivity index (χ1n) is 13.6. The molecule has 1 aromatic carbocycles. The van der Waals surface area contributed by atoms with Gasteiger partial charge in [-0.05, 0) is 65.9 Å². The number of carbonyl (C=O) groups is 4. The summed E-state index contributed by atoms with van der Waals surface area (Å²) in [5.41, 5.74) is 1.91. The average molecular weight is 532 g/mol. The van der Waals surface area contributed by atoms with Crippen molar-refractivity contribution < 1.29 is 28.7 Å². The molecule has 0 spiro atoms. The van der Waals surface area contributed by atoms with Gasteiger partial charge in [0.1, 0.15) is 17.7 Å². The third-order valence-electron chi connectivity index (χ3n) is 6.37. The van der Waals surface area contributed by atoms with Gasteiger partial charge in [0.2, 0.25) is 11.8 Å². The summed E-state index contributed by atoms with van der Waals surface area (Å²) in [4.78, 5) is 54.0. The fraction of sp³-hybridized carbons (Fsp3) is 0.655. The molecular formula is C29H45N3O6. The van der Waals surface area contributed by atoms with E-state index in [-0.39, 0.29) is 43.3 Å². The van der Waals surface area contributed by atoms with Crippen LogP contribution in [0.1, 0.15) is 90.0 Å². The Hall–Kier alpha value is -3.10. The average Bonchev–Trinajstić information content (AvgIpc) is 3.63. The van der Waals surface area contributed by atoms with Crippen molar-refractivity contribution in [3.63, 3.8) is 0 Å². The summed E-state index contributed by atoms with van der Waals surface area (Å²) in [5, 5.41) is 5.62. The predicted octanol–water partition coefficient (Wildman–Crippen LogP) is 4.34. The SMILES string of the molecule is CCOC(=O)CCNC(=O)C(c1cc(C)cc(C)c1)N(C(=O)C(NC(=O)OC(C)(C)C)C(C)CC)C1CC1. The van der Waals surface area contributed by atoms with Crippen molar-refractivity contribution in [3.8, 4) is 0 Å². The van der Waals surface area contributed by atoms with Crippen LogP contribution in [0.2, 0.25) is 0 Å². The molecule has 0 radical (unpaired) electrons. The molecule has 0 aromatic heterocycles. The van der Waals surface area contributed by atoms with E-state index in [4.69, 9.17) is 9.47 Å². The van der Waals surface area contributed by atoms with Crippen molar-refractivity contribution in [2.45, 2.75) is 105 Å². The molecule has 9 heteroatoms. The van der Waals surface area contributed by atoms with Crippen molar-refractivity contribution in [1.82, 2.24) is 15.5 Å². The lowest BCUT2D eigenvalue weighted by Gasteiger charge is -2.36. The van der Waals surface area contributed by atoms with Gasteiger partial charge in [-0.1, -0.05) is 49.6 Å². The molecule has 0 saturated heterocycles. The third-order valence-corrected chi connectivity index (χ3v) is 6.37. The highest BCUT2D eigenvalue weighted by molar-refractivity contribution is 5.93. The van der Waals surface area contributed by atoms with Gasteiger partial charge in [0, 0.05) is 12.6 Å². The maximum absolute atomic E-state index is 14.2. The van der Waals surface area contributed by atoms with Crippen LogP contribution in [-0.4, -0.2) is 59.6 Å². The van der Waals surface area contributed by atoms with E-state index in [1.54, 1.807) is 32.6 Å². The zero-order valence-electron chi connectivity index (χ0n) is 24.2. The van der Waals surface area contributed by atoms with Gasteiger partial charge < -0.3 is 25.0 Å². The lowest BCUT2D eigenvalue weighted by molar-refractivity contribution is -0.145. The van der Waals surface area contributed by atoms with Gasteiger partial charge in [-0.2, -0.15) is 0 Å². The van der Waals surface area contributed by atoms with Gasteiger partial charge in [0.25, 0.3) is 0 Å². The number of nitrogens with zero attached hydrogens (tertiary/aromatic N) is 1. The van der Waals surface area contributed by atoms with Gasteiger partial charge in [-0.3, -0.25) is 14.4 Å². The fourth-order valence-corrected chi connectivity index (χ4v) is 4.37. The summed E-state index contributed by atoms with van der Waals surface area (Å²) >= 11 is 0. The molecule has 2 rings (SSSR count). The van der Waals surface area contributed by atoms with Crippen LogP contribution in [-0.2, 0) is 23.9 Å². The number of carbonyl (C=O) groups excluding carboxylic acids is 4. The highest BCUT2D eigenvalue weighted by atomic mass is 16.6. The van der Waals surface area contributed by atoms with Crippen LogP contribution in [0.5, 0.6) is 0 Å². The molecule has 1 aliphatic rings. The Kier molecular flexibility index (Phi) is 11.2. The Labute approximate surface area is 227 Å². The molecule has 3 amide bonds. The van der Waals surface area contributed by atoms with Crippen molar-refractivity contribution in [2.75, 3.05) is 13.2 Å². The molecule has 0 aliphatic heterocycles. The molecule has 1 saturated carbocycles. The summed E-state index contributed by atoms with van der Waals surface area (Å²) in [6, 6.07) is 3.92. The lowest BCUT2D eigenvalue weighted by Crippen LogP contribution is -2.56. The molecule has 2 N–H and O–H groups in total. The first kappa shape index (κ1) is 31.1. The third kappa shape index (κ3) is 9.33. The van der Waals surface area contributed by atoms with Crippen LogP contribution in [0.4, 0.5) is 4.79 Å². The predicted molar refractivity (Wildman–Crippen MR) is 145 cm³/mol. The molecule has 3 unspecified atom stereocenters. The molecule has 0 heterocycles. The molecule has 1 fully saturated rings. The van der Waals surface area contributed by atoms with Gasteiger partial charge in [-0.15, -0.1) is 0 Å². The Balaban J connectivity index is 2.44. The smallest absolute Gasteiger partial charge is 0.408 e. The Morgan fingerprint density at radius 2 is 1.66 bits per heavy atom. The van der Waals surface area contributed by atoms with Crippen molar-refractivity contribution >= 4 is 23.9 Å². The fourth-order valence-electron chi connectivity index (χ4n) is 4.37. The van der Waals surface area contributed by atoms with Gasteiger partial charge >= 0.3 is 12.1 Å². The highest BCUT2D eigenvalue weighted by Crippen LogP contribution is 2.37. The first-order valence-corrected chi connectivity index (χ1v) is 13.6. The van der Waals surface area contributed by atoms with E-state index in [9.17, 15) is 19.2 Å². The van der Waals surface area contributed by atoms with Crippen LogP contribution >= 0.6 is 0 Å². The van der Waals surface area contributed by atoms with Gasteiger partial charge in [0.15, 0.2) is 0 Å². The summed E-state index contributed by atoms with van der Waals surface area (Å²) in [6.07, 6.45) is 1.54. The number of aryl methyl sites for hydroxylation is 2. The number of esters is 1. The highest BCUT2D eigenvalue weighted by Gasteiger charge is 2.45. The van der Waals surface area contributed by atoms with Crippen LogP contribution in [0.3, 0.4) is 0 Å². The number of alkyl carbamates (subject to hydrolysis) is 1. The monoisotopic (exact) mass is 531 g/mol. The number of hydrogen-bond acceptors (Lipinski definition) is 6. The molecule has 0 bridgehead atoms. The van der Waals surface area contributed by atoms with Crippen molar-refractivity contribution in [1.29, 1.82) is 0 Å². The molecule has 9 nitrogen and oxygen atoms in total. The molecular weight excluding hydrogens is 486 g/mol. The van der Waals surface area contributed by atoms with E-state index >= 15 is 0 Å². The van der Waals surface area contributed by atoms with Crippen LogP contribution in [0, 0.1) is 19.8 Å². The minimum atomic E-state index is -0.914. The number of benzene rings is 1. The van der Waals surface area contributed by atoms with E-state index in [0.29, 0.717) is 12.0 Å². The van der Waals surface area contributed by atoms with E-state index in [1.165, 1.54) is 0 Å². The van der Waals surface area contributed by atoms with Gasteiger partial charge in [0.05, 0.1) is 13.0 Å². The molecule has 212 valence electrons. The van der Waals surface area contributed by atoms with Crippen molar-refractivity contribution in [2.24, 2.45) is 5.92 Å². The maximum Gasteiger partial charge on any atom is 0.408 e. The normalized spacial score (nSPS) is 15.6. The molecule has 38 heavy (non-hydrogen) atoms. The quantitative estimate of drug-likeness (QED) is 0.388. The molecule has 1 aromatic rings. The van der Waals surface area contributed by atoms with Crippen LogP contribution in [0.15, 0.2) is 18.2 Å². The number of amides is 3. The number of nitrogens with one attached hydrogen (secondary N) is 2. The second kappa shape index (κ2) is 13.6. The summed E-state index contributed by atoms with van der Waals surface area (Å²) in [7, 11) is 0. The minimum Gasteiger partial charge on any atom is -0.466 e. The van der Waals surface area contributed by atoms with Crippen LogP contribution < -0.4 is 10.6 Å². The molecule has 3 atom stereocenters. The number of hydrogen-bond donors (Lipinski definition) is 2. The van der Waals surface area contributed by atoms with Crippen molar-refractivity contribution in [3.05, 3.63) is 34.9 Å². The van der Waals surface area contributed by atoms with Gasteiger partial charge in [-0.25, -0.2) is 4.79 Å². The number of ether oxygens (including phenoxy) is 2. The summed E-state index contributed by atoms with van der Waals surface area (Å²) in [5.74, 6) is -1.29. The largest absolute Gasteiger partial charge is 0.466 e. The van der Waals surface area contributed by atoms with E-state index in [0.717, 1.165) is 24.0 Å². The van der Waals surface area contributed by atoms with E-state index in [1.807, 2.05) is 45.9 Å². The standard InChI is InChI=1S/C29H45N3O6/c1-9-20(5)24(31-28(36)38-29(6,7)8)27(35)32(22-11-12-22)25(21-16-18(3)15-19(4)17-21)26(34)30-14-13-23(33)37-10-2/h15-17,20,22,24-25H,9-14H2,1-8H3,(H,30,34)(H,31,36).